The molecular formula is C26H26ClFN2O2S. The number of thioether (sulfide) groups is 1. The van der Waals surface area contributed by atoms with E-state index in [1.54, 1.807) is 37.4 Å². The molecule has 0 aliphatic carbocycles. The van der Waals surface area contributed by atoms with Crippen LogP contribution in [-0.2, 0) is 22.6 Å². The van der Waals surface area contributed by atoms with Crippen LogP contribution in [-0.4, -0.2) is 35.6 Å². The van der Waals surface area contributed by atoms with E-state index in [1.165, 1.54) is 22.7 Å². The van der Waals surface area contributed by atoms with Gasteiger partial charge in [-0.3, -0.25) is 9.59 Å². The lowest BCUT2D eigenvalue weighted by molar-refractivity contribution is -0.140. The molecule has 1 N–H and O–H groups in total. The molecule has 0 spiro atoms. The third-order valence-electron chi connectivity index (χ3n) is 5.21. The molecule has 2 amide bonds. The molecule has 3 rings (SSSR count). The average molecular weight is 485 g/mol. The molecule has 172 valence electrons. The van der Waals surface area contributed by atoms with Gasteiger partial charge in [0.25, 0.3) is 0 Å². The summed E-state index contributed by atoms with van der Waals surface area (Å²) in [5, 5.41) is 3.32. The number of nitrogens with zero attached hydrogens (tertiary/aromatic N) is 1. The highest BCUT2D eigenvalue weighted by atomic mass is 35.5. The lowest BCUT2D eigenvalue weighted by Crippen LogP contribution is -2.49. The third kappa shape index (κ3) is 7.34. The number of benzene rings is 3. The van der Waals surface area contributed by atoms with Crippen LogP contribution in [0.2, 0.25) is 5.02 Å². The Morgan fingerprint density at radius 2 is 1.67 bits per heavy atom. The maximum atomic E-state index is 14.4. The van der Waals surface area contributed by atoms with Crippen molar-refractivity contribution in [2.75, 3.05) is 12.8 Å². The van der Waals surface area contributed by atoms with Gasteiger partial charge in [0.15, 0.2) is 0 Å². The lowest BCUT2D eigenvalue weighted by Gasteiger charge is -2.31. The van der Waals surface area contributed by atoms with Crippen molar-refractivity contribution in [2.24, 2.45) is 0 Å². The molecule has 0 heterocycles. The number of nitrogens with one attached hydrogen (secondary N) is 1. The van der Waals surface area contributed by atoms with E-state index in [9.17, 15) is 14.0 Å². The van der Waals surface area contributed by atoms with Crippen LogP contribution in [0.1, 0.15) is 17.5 Å². The Kier molecular flexibility index (Phi) is 9.34. The molecule has 0 radical (unpaired) electrons. The van der Waals surface area contributed by atoms with Crippen molar-refractivity contribution in [1.82, 2.24) is 10.2 Å². The molecule has 33 heavy (non-hydrogen) atoms. The molecule has 3 aromatic carbocycles. The van der Waals surface area contributed by atoms with Crippen molar-refractivity contribution < 1.29 is 14.0 Å². The van der Waals surface area contributed by atoms with Crippen LogP contribution >= 0.6 is 23.4 Å². The van der Waals surface area contributed by atoms with E-state index in [0.29, 0.717) is 22.8 Å². The van der Waals surface area contributed by atoms with Crippen molar-refractivity contribution in [1.29, 1.82) is 0 Å². The van der Waals surface area contributed by atoms with Crippen molar-refractivity contribution in [3.05, 3.63) is 101 Å². The SMILES string of the molecule is CNC(=O)[C@@H](Cc1ccccc1)N(Cc1ccccc1F)C(=O)CCSc1ccc(Cl)cc1. The Hall–Kier alpha value is -2.83. The van der Waals surface area contributed by atoms with E-state index in [-0.39, 0.29) is 24.8 Å². The first-order valence-electron chi connectivity index (χ1n) is 10.6. The van der Waals surface area contributed by atoms with Gasteiger partial charge in [0.1, 0.15) is 11.9 Å². The van der Waals surface area contributed by atoms with Gasteiger partial charge in [-0.15, -0.1) is 11.8 Å². The number of carbonyl (C=O) groups excluding carboxylic acids is 2. The second-order valence-electron chi connectivity index (χ2n) is 7.49. The van der Waals surface area contributed by atoms with Crippen molar-refractivity contribution in [3.8, 4) is 0 Å². The lowest BCUT2D eigenvalue weighted by atomic mass is 10.0. The highest BCUT2D eigenvalue weighted by Crippen LogP contribution is 2.23. The summed E-state index contributed by atoms with van der Waals surface area (Å²) in [6.07, 6.45) is 0.551. The van der Waals surface area contributed by atoms with E-state index in [1.807, 2.05) is 42.5 Å². The van der Waals surface area contributed by atoms with Crippen LogP contribution in [0.15, 0.2) is 83.8 Å². The minimum atomic E-state index is -0.759. The van der Waals surface area contributed by atoms with Gasteiger partial charge < -0.3 is 10.2 Å². The largest absolute Gasteiger partial charge is 0.357 e. The maximum Gasteiger partial charge on any atom is 0.242 e. The second kappa shape index (κ2) is 12.4. The smallest absolute Gasteiger partial charge is 0.242 e. The summed E-state index contributed by atoms with van der Waals surface area (Å²) in [5.74, 6) is -0.362. The number of hydrogen-bond donors (Lipinski definition) is 1. The number of amides is 2. The second-order valence-corrected chi connectivity index (χ2v) is 9.09. The van der Waals surface area contributed by atoms with Crippen LogP contribution in [0, 0.1) is 5.82 Å². The molecule has 3 aromatic rings. The van der Waals surface area contributed by atoms with Crippen molar-refractivity contribution in [3.63, 3.8) is 0 Å². The summed E-state index contributed by atoms with van der Waals surface area (Å²) < 4.78 is 14.4. The average Bonchev–Trinajstić information content (AvgIpc) is 2.83. The molecular weight excluding hydrogens is 459 g/mol. The van der Waals surface area contributed by atoms with Gasteiger partial charge in [0.2, 0.25) is 11.8 Å². The minimum absolute atomic E-state index is 0.0159. The summed E-state index contributed by atoms with van der Waals surface area (Å²) in [6, 6.07) is 22.5. The fourth-order valence-electron chi connectivity index (χ4n) is 3.46. The van der Waals surface area contributed by atoms with E-state index < -0.39 is 11.9 Å². The van der Waals surface area contributed by atoms with Crippen LogP contribution in [0.3, 0.4) is 0 Å². The van der Waals surface area contributed by atoms with Gasteiger partial charge >= 0.3 is 0 Å². The predicted octanol–water partition coefficient (Wildman–Crippen LogP) is 5.35. The first-order chi connectivity index (χ1) is 16.0. The molecule has 0 aromatic heterocycles. The number of halogens is 2. The fourth-order valence-corrected chi connectivity index (χ4v) is 4.43. The van der Waals surface area contributed by atoms with Gasteiger partial charge in [-0.2, -0.15) is 0 Å². The molecule has 7 heteroatoms. The Balaban J connectivity index is 1.81. The molecule has 0 saturated heterocycles. The number of carbonyl (C=O) groups is 2. The van der Waals surface area contributed by atoms with E-state index in [4.69, 9.17) is 11.6 Å². The van der Waals surface area contributed by atoms with Gasteiger partial charge in [-0.05, 0) is 35.9 Å². The zero-order valence-corrected chi connectivity index (χ0v) is 19.9. The molecule has 0 fully saturated rings. The molecule has 0 unspecified atom stereocenters. The number of likely N-dealkylation sites (N-methyl/N-ethyl adjacent to an activating group) is 1. The molecule has 0 bridgehead atoms. The predicted molar refractivity (Wildman–Crippen MR) is 132 cm³/mol. The van der Waals surface area contributed by atoms with Crippen LogP contribution in [0.4, 0.5) is 4.39 Å². The summed E-state index contributed by atoms with van der Waals surface area (Å²) >= 11 is 7.47. The topological polar surface area (TPSA) is 49.4 Å². The molecule has 4 nitrogen and oxygen atoms in total. The third-order valence-corrected chi connectivity index (χ3v) is 6.48. The summed E-state index contributed by atoms with van der Waals surface area (Å²) in [5.41, 5.74) is 1.30. The van der Waals surface area contributed by atoms with Crippen LogP contribution in [0.25, 0.3) is 0 Å². The van der Waals surface area contributed by atoms with Gasteiger partial charge in [-0.1, -0.05) is 60.1 Å². The Morgan fingerprint density at radius 1 is 1.00 bits per heavy atom. The van der Waals surface area contributed by atoms with E-state index >= 15 is 0 Å². The minimum Gasteiger partial charge on any atom is -0.357 e. The molecule has 0 aliphatic heterocycles. The molecule has 0 aliphatic rings. The van der Waals surface area contributed by atoms with Gasteiger partial charge in [0.05, 0.1) is 0 Å². The molecule has 1 atom stereocenters. The van der Waals surface area contributed by atoms with Crippen molar-refractivity contribution in [2.45, 2.75) is 30.3 Å². The first kappa shape index (κ1) is 24.8. The standard InChI is InChI=1S/C26H26ClFN2O2S/c1-29-26(32)24(17-19-7-3-2-4-8-19)30(18-20-9-5-6-10-23(20)28)25(31)15-16-33-22-13-11-21(27)12-14-22/h2-14,24H,15-18H2,1H3,(H,29,32)/t24-/m1/s1. The number of rotatable bonds is 10. The van der Waals surface area contributed by atoms with Crippen molar-refractivity contribution >= 4 is 35.2 Å². The maximum absolute atomic E-state index is 14.4. The van der Waals surface area contributed by atoms with Crippen LogP contribution < -0.4 is 5.32 Å². The zero-order chi connectivity index (χ0) is 23.6. The Morgan fingerprint density at radius 3 is 2.33 bits per heavy atom. The quantitative estimate of drug-likeness (QED) is 0.395. The Bertz CT molecular complexity index is 1060. The molecule has 0 saturated carbocycles. The first-order valence-corrected chi connectivity index (χ1v) is 12.0. The van der Waals surface area contributed by atoms with Gasteiger partial charge in [0, 0.05) is 47.7 Å². The zero-order valence-electron chi connectivity index (χ0n) is 18.3. The van der Waals surface area contributed by atoms with Gasteiger partial charge in [-0.25, -0.2) is 4.39 Å². The summed E-state index contributed by atoms with van der Waals surface area (Å²) in [6.45, 7) is 0.0159. The van der Waals surface area contributed by atoms with E-state index in [2.05, 4.69) is 5.32 Å². The monoisotopic (exact) mass is 484 g/mol. The normalized spacial score (nSPS) is 11.6. The summed E-state index contributed by atoms with van der Waals surface area (Å²) in [7, 11) is 1.54. The highest BCUT2D eigenvalue weighted by Gasteiger charge is 2.30. The summed E-state index contributed by atoms with van der Waals surface area (Å²) in [4.78, 5) is 28.7. The number of hydrogen-bond acceptors (Lipinski definition) is 3. The fraction of sp³-hybridized carbons (Fsp3) is 0.231. The van der Waals surface area contributed by atoms with Crippen LogP contribution in [0.5, 0.6) is 0 Å². The Labute approximate surface area is 203 Å². The highest BCUT2D eigenvalue weighted by molar-refractivity contribution is 7.99. The van der Waals surface area contributed by atoms with E-state index in [0.717, 1.165) is 10.5 Å².